The van der Waals surface area contributed by atoms with Crippen molar-refractivity contribution in [1.82, 2.24) is 10.6 Å². The van der Waals surface area contributed by atoms with Crippen LogP contribution < -0.4 is 10.6 Å². The van der Waals surface area contributed by atoms with E-state index in [9.17, 15) is 0 Å². The van der Waals surface area contributed by atoms with Gasteiger partial charge in [0.15, 0.2) is 5.11 Å². The molecule has 0 unspecified atom stereocenters. The quantitative estimate of drug-likeness (QED) is 0.661. The Morgan fingerprint density at radius 2 is 1.92 bits per heavy atom. The van der Waals surface area contributed by atoms with Crippen LogP contribution in [-0.4, -0.2) is 30.4 Å². The molecule has 0 fully saturated rings. The van der Waals surface area contributed by atoms with Crippen LogP contribution >= 0.6 is 12.2 Å². The molecular formula is C9H20N2OS. The van der Waals surface area contributed by atoms with E-state index >= 15 is 0 Å². The lowest BCUT2D eigenvalue weighted by atomic mass is 10.1. The first-order valence-corrected chi connectivity index (χ1v) is 5.08. The summed E-state index contributed by atoms with van der Waals surface area (Å²) in [6, 6.07) is 0. The fourth-order valence-corrected chi connectivity index (χ4v) is 1.17. The summed E-state index contributed by atoms with van der Waals surface area (Å²) in [7, 11) is 0. The molecule has 0 aromatic carbocycles. The largest absolute Gasteiger partial charge is 0.374 e. The third-order valence-electron chi connectivity index (χ3n) is 1.55. The van der Waals surface area contributed by atoms with Crippen LogP contribution in [0.5, 0.6) is 0 Å². The van der Waals surface area contributed by atoms with Gasteiger partial charge in [-0.05, 0) is 39.9 Å². The van der Waals surface area contributed by atoms with Gasteiger partial charge in [0.05, 0.1) is 5.60 Å². The summed E-state index contributed by atoms with van der Waals surface area (Å²) in [6.07, 6.45) is 0. The first kappa shape index (κ1) is 12.7. The third kappa shape index (κ3) is 6.78. The highest BCUT2D eigenvalue weighted by Crippen LogP contribution is 2.06. The monoisotopic (exact) mass is 204 g/mol. The van der Waals surface area contributed by atoms with Crippen molar-refractivity contribution in [2.45, 2.75) is 33.3 Å². The molecule has 0 aliphatic carbocycles. The maximum Gasteiger partial charge on any atom is 0.166 e. The summed E-state index contributed by atoms with van der Waals surface area (Å²) in [5.74, 6) is 0. The van der Waals surface area contributed by atoms with Gasteiger partial charge in [-0.15, -0.1) is 0 Å². The molecular weight excluding hydrogens is 184 g/mol. The predicted octanol–water partition coefficient (Wildman–Crippen LogP) is 1.29. The highest BCUT2D eigenvalue weighted by molar-refractivity contribution is 7.80. The Morgan fingerprint density at radius 1 is 1.31 bits per heavy atom. The SMILES string of the molecule is CCNC(=S)NCC(C)(C)OCC. The predicted molar refractivity (Wildman–Crippen MR) is 60.0 cm³/mol. The van der Waals surface area contributed by atoms with Gasteiger partial charge >= 0.3 is 0 Å². The summed E-state index contributed by atoms with van der Waals surface area (Å²) < 4.78 is 5.51. The van der Waals surface area contributed by atoms with E-state index in [0.717, 1.165) is 19.7 Å². The molecule has 0 radical (unpaired) electrons. The molecule has 0 aromatic heterocycles. The summed E-state index contributed by atoms with van der Waals surface area (Å²) in [4.78, 5) is 0. The van der Waals surface area contributed by atoms with Crippen molar-refractivity contribution in [1.29, 1.82) is 0 Å². The van der Waals surface area contributed by atoms with Gasteiger partial charge in [-0.1, -0.05) is 0 Å². The lowest BCUT2D eigenvalue weighted by molar-refractivity contribution is -0.00572. The van der Waals surface area contributed by atoms with E-state index in [-0.39, 0.29) is 5.60 Å². The number of rotatable bonds is 5. The van der Waals surface area contributed by atoms with Crippen molar-refractivity contribution < 1.29 is 4.74 Å². The minimum Gasteiger partial charge on any atom is -0.374 e. The second-order valence-corrected chi connectivity index (χ2v) is 3.81. The average Bonchev–Trinajstić information content (AvgIpc) is 2.02. The van der Waals surface area contributed by atoms with Crippen LogP contribution in [0.2, 0.25) is 0 Å². The second kappa shape index (κ2) is 6.16. The van der Waals surface area contributed by atoms with Crippen molar-refractivity contribution >= 4 is 17.3 Å². The van der Waals surface area contributed by atoms with Crippen molar-refractivity contribution in [3.8, 4) is 0 Å². The van der Waals surface area contributed by atoms with Gasteiger partial charge in [-0.2, -0.15) is 0 Å². The zero-order valence-corrected chi connectivity index (χ0v) is 9.75. The smallest absolute Gasteiger partial charge is 0.166 e. The Morgan fingerprint density at radius 3 is 2.38 bits per heavy atom. The molecule has 0 aromatic rings. The summed E-state index contributed by atoms with van der Waals surface area (Å²) in [5.41, 5.74) is -0.159. The number of hydrogen-bond donors (Lipinski definition) is 2. The molecule has 0 amide bonds. The molecule has 0 saturated carbocycles. The molecule has 0 heterocycles. The van der Waals surface area contributed by atoms with E-state index in [2.05, 4.69) is 10.6 Å². The first-order chi connectivity index (χ1) is 6.02. The first-order valence-electron chi connectivity index (χ1n) is 4.67. The Labute approximate surface area is 86.2 Å². The Kier molecular flexibility index (Phi) is 5.99. The van der Waals surface area contributed by atoms with Crippen LogP contribution in [0, 0.1) is 0 Å². The molecule has 0 atom stereocenters. The standard InChI is InChI=1S/C9H20N2OS/c1-5-10-8(13)11-7-9(3,4)12-6-2/h5-7H2,1-4H3,(H2,10,11,13). The molecule has 0 saturated heterocycles. The Bertz CT molecular complexity index is 160. The molecule has 0 aliphatic heterocycles. The van der Waals surface area contributed by atoms with Gasteiger partial charge in [0.2, 0.25) is 0 Å². The van der Waals surface area contributed by atoms with Crippen LogP contribution in [0.3, 0.4) is 0 Å². The van der Waals surface area contributed by atoms with E-state index in [1.54, 1.807) is 0 Å². The van der Waals surface area contributed by atoms with Crippen LogP contribution in [0.25, 0.3) is 0 Å². The molecule has 0 bridgehead atoms. The van der Waals surface area contributed by atoms with E-state index in [1.165, 1.54) is 0 Å². The molecule has 13 heavy (non-hydrogen) atoms. The number of nitrogens with one attached hydrogen (secondary N) is 2. The maximum absolute atomic E-state index is 5.51. The normalized spacial score (nSPS) is 11.1. The summed E-state index contributed by atoms with van der Waals surface area (Å²) in [6.45, 7) is 10.4. The molecule has 4 heteroatoms. The zero-order chi connectivity index (χ0) is 10.3. The molecule has 3 nitrogen and oxygen atoms in total. The summed E-state index contributed by atoms with van der Waals surface area (Å²) >= 11 is 5.03. The van der Waals surface area contributed by atoms with Crippen LogP contribution in [-0.2, 0) is 4.74 Å². The fourth-order valence-electron chi connectivity index (χ4n) is 0.958. The van der Waals surface area contributed by atoms with Gasteiger partial charge in [-0.25, -0.2) is 0 Å². The molecule has 0 rings (SSSR count). The van der Waals surface area contributed by atoms with Gasteiger partial charge in [-0.3, -0.25) is 0 Å². The Balaban J connectivity index is 3.67. The molecule has 0 aliphatic rings. The highest BCUT2D eigenvalue weighted by atomic mass is 32.1. The van der Waals surface area contributed by atoms with E-state index < -0.39 is 0 Å². The van der Waals surface area contributed by atoms with Gasteiger partial charge in [0, 0.05) is 19.7 Å². The lowest BCUT2D eigenvalue weighted by Gasteiger charge is -2.25. The van der Waals surface area contributed by atoms with E-state index in [1.807, 2.05) is 27.7 Å². The molecule has 0 spiro atoms. The average molecular weight is 204 g/mol. The number of ether oxygens (including phenoxy) is 1. The Hall–Kier alpha value is -0.350. The van der Waals surface area contributed by atoms with Gasteiger partial charge in [0.25, 0.3) is 0 Å². The molecule has 78 valence electrons. The third-order valence-corrected chi connectivity index (χ3v) is 1.84. The lowest BCUT2D eigenvalue weighted by Crippen LogP contribution is -2.44. The van der Waals surface area contributed by atoms with Gasteiger partial charge < -0.3 is 15.4 Å². The van der Waals surface area contributed by atoms with Crippen LogP contribution in [0.1, 0.15) is 27.7 Å². The van der Waals surface area contributed by atoms with Crippen LogP contribution in [0.15, 0.2) is 0 Å². The van der Waals surface area contributed by atoms with E-state index in [0.29, 0.717) is 5.11 Å². The minimum absolute atomic E-state index is 0.159. The topological polar surface area (TPSA) is 33.3 Å². The second-order valence-electron chi connectivity index (χ2n) is 3.41. The van der Waals surface area contributed by atoms with Crippen molar-refractivity contribution in [2.24, 2.45) is 0 Å². The zero-order valence-electron chi connectivity index (χ0n) is 8.94. The van der Waals surface area contributed by atoms with Crippen molar-refractivity contribution in [3.63, 3.8) is 0 Å². The highest BCUT2D eigenvalue weighted by Gasteiger charge is 2.17. The van der Waals surface area contributed by atoms with Gasteiger partial charge in [0.1, 0.15) is 0 Å². The fraction of sp³-hybridized carbons (Fsp3) is 0.889. The molecule has 2 N–H and O–H groups in total. The van der Waals surface area contributed by atoms with Crippen molar-refractivity contribution in [2.75, 3.05) is 19.7 Å². The number of thiocarbonyl (C=S) groups is 1. The minimum atomic E-state index is -0.159. The maximum atomic E-state index is 5.51. The van der Waals surface area contributed by atoms with Crippen LogP contribution in [0.4, 0.5) is 0 Å². The van der Waals surface area contributed by atoms with Crippen molar-refractivity contribution in [3.05, 3.63) is 0 Å². The van der Waals surface area contributed by atoms with E-state index in [4.69, 9.17) is 17.0 Å². The summed E-state index contributed by atoms with van der Waals surface area (Å²) in [5, 5.41) is 6.82. The number of hydrogen-bond acceptors (Lipinski definition) is 2.